The average molecular weight is 215 g/mol. The minimum absolute atomic E-state index is 0.111. The van der Waals surface area contributed by atoms with Crippen LogP contribution in [0.15, 0.2) is 0 Å². The fourth-order valence-electron chi connectivity index (χ4n) is 1.59. The summed E-state index contributed by atoms with van der Waals surface area (Å²) in [4.78, 5) is 10.4. The second-order valence-electron chi connectivity index (χ2n) is 4.19. The Kier molecular flexibility index (Phi) is 9.59. The fourth-order valence-corrected chi connectivity index (χ4v) is 1.59. The van der Waals surface area contributed by atoms with Crippen LogP contribution in [0.1, 0.15) is 64.7 Å². The van der Waals surface area contributed by atoms with Crippen LogP contribution >= 0.6 is 0 Å². The van der Waals surface area contributed by atoms with Gasteiger partial charge in [0.05, 0.1) is 6.10 Å². The van der Waals surface area contributed by atoms with E-state index in [1.54, 1.807) is 0 Å². The van der Waals surface area contributed by atoms with Crippen LogP contribution in [0, 0.1) is 0 Å². The van der Waals surface area contributed by atoms with E-state index in [9.17, 15) is 9.90 Å². The van der Waals surface area contributed by atoms with Gasteiger partial charge in [0, 0.05) is 6.42 Å². The molecular formula is C12H25NO2. The van der Waals surface area contributed by atoms with Crippen molar-refractivity contribution in [1.29, 1.82) is 0 Å². The molecule has 90 valence electrons. The molecule has 0 aliphatic heterocycles. The maximum atomic E-state index is 10.4. The lowest BCUT2D eigenvalue weighted by Gasteiger charge is -2.06. The molecule has 3 heteroatoms. The van der Waals surface area contributed by atoms with Gasteiger partial charge in [0.2, 0.25) is 5.91 Å². The van der Waals surface area contributed by atoms with Gasteiger partial charge in [-0.2, -0.15) is 0 Å². The van der Waals surface area contributed by atoms with Crippen molar-refractivity contribution in [3.8, 4) is 0 Å². The predicted molar refractivity (Wildman–Crippen MR) is 62.4 cm³/mol. The molecule has 3 nitrogen and oxygen atoms in total. The van der Waals surface area contributed by atoms with Crippen molar-refractivity contribution in [2.45, 2.75) is 70.8 Å². The number of aliphatic hydroxyl groups excluding tert-OH is 1. The number of rotatable bonds is 10. The summed E-state index contributed by atoms with van der Waals surface area (Å²) in [5.41, 5.74) is 5.04. The molecule has 0 aromatic heterocycles. The number of aliphatic hydroxyl groups is 1. The second-order valence-corrected chi connectivity index (χ2v) is 4.19. The fraction of sp³-hybridized carbons (Fsp3) is 0.917. The molecule has 0 aromatic rings. The Hall–Kier alpha value is -0.570. The molecule has 0 fully saturated rings. The molecule has 0 spiro atoms. The molecule has 1 unspecified atom stereocenters. The van der Waals surface area contributed by atoms with Crippen LogP contribution in [0.5, 0.6) is 0 Å². The van der Waals surface area contributed by atoms with E-state index in [1.165, 1.54) is 19.3 Å². The third-order valence-corrected chi connectivity index (χ3v) is 2.68. The lowest BCUT2D eigenvalue weighted by Crippen LogP contribution is -2.09. The lowest BCUT2D eigenvalue weighted by atomic mass is 10.1. The number of carbonyl (C=O) groups is 1. The standard InChI is InChI=1S/C12H25NO2/c1-2-11(14)9-7-5-3-4-6-8-10-12(13)15/h11,14H,2-10H2,1H3,(H2,13,15). The van der Waals surface area contributed by atoms with E-state index in [1.807, 2.05) is 6.92 Å². The lowest BCUT2D eigenvalue weighted by molar-refractivity contribution is -0.118. The molecule has 3 N–H and O–H groups in total. The highest BCUT2D eigenvalue weighted by Gasteiger charge is 1.99. The highest BCUT2D eigenvalue weighted by atomic mass is 16.3. The number of hydrogen-bond donors (Lipinski definition) is 2. The van der Waals surface area contributed by atoms with Gasteiger partial charge in [-0.15, -0.1) is 0 Å². The van der Waals surface area contributed by atoms with Crippen molar-refractivity contribution in [2.75, 3.05) is 0 Å². The SMILES string of the molecule is CCC(O)CCCCCCCCC(N)=O. The van der Waals surface area contributed by atoms with E-state index in [-0.39, 0.29) is 12.0 Å². The molecule has 0 radical (unpaired) electrons. The molecule has 0 saturated heterocycles. The minimum Gasteiger partial charge on any atom is -0.393 e. The first-order chi connectivity index (χ1) is 7.16. The maximum absolute atomic E-state index is 10.4. The van der Waals surface area contributed by atoms with Crippen molar-refractivity contribution in [2.24, 2.45) is 5.73 Å². The van der Waals surface area contributed by atoms with Gasteiger partial charge < -0.3 is 10.8 Å². The van der Waals surface area contributed by atoms with Crippen molar-refractivity contribution in [3.63, 3.8) is 0 Å². The molecule has 0 aromatic carbocycles. The summed E-state index contributed by atoms with van der Waals surface area (Å²) in [7, 11) is 0. The van der Waals surface area contributed by atoms with Gasteiger partial charge in [-0.05, 0) is 19.3 Å². The summed E-state index contributed by atoms with van der Waals surface area (Å²) in [5, 5.41) is 9.31. The Morgan fingerprint density at radius 2 is 1.67 bits per heavy atom. The summed E-state index contributed by atoms with van der Waals surface area (Å²) in [6.45, 7) is 2.01. The molecule has 0 heterocycles. The zero-order valence-corrected chi connectivity index (χ0v) is 9.87. The molecule has 1 atom stereocenters. The summed E-state index contributed by atoms with van der Waals surface area (Å²) in [5.74, 6) is -0.193. The van der Waals surface area contributed by atoms with Crippen molar-refractivity contribution in [1.82, 2.24) is 0 Å². The largest absolute Gasteiger partial charge is 0.393 e. The van der Waals surface area contributed by atoms with Gasteiger partial charge in [-0.3, -0.25) is 4.79 Å². The molecule has 0 rings (SSSR count). The van der Waals surface area contributed by atoms with Crippen molar-refractivity contribution < 1.29 is 9.90 Å². The van der Waals surface area contributed by atoms with Gasteiger partial charge in [0.15, 0.2) is 0 Å². The van der Waals surface area contributed by atoms with E-state index >= 15 is 0 Å². The van der Waals surface area contributed by atoms with E-state index in [4.69, 9.17) is 5.73 Å². The number of amides is 1. The first-order valence-corrected chi connectivity index (χ1v) is 6.13. The summed E-state index contributed by atoms with van der Waals surface area (Å²) in [6, 6.07) is 0. The van der Waals surface area contributed by atoms with Crippen LogP contribution in [0.25, 0.3) is 0 Å². The third-order valence-electron chi connectivity index (χ3n) is 2.68. The molecule has 0 aliphatic rings. The van der Waals surface area contributed by atoms with E-state index in [0.717, 1.165) is 32.1 Å². The van der Waals surface area contributed by atoms with Gasteiger partial charge >= 0.3 is 0 Å². The smallest absolute Gasteiger partial charge is 0.217 e. The molecule has 1 amide bonds. The summed E-state index contributed by atoms with van der Waals surface area (Å²) < 4.78 is 0. The Labute approximate surface area is 93.0 Å². The Balaban J connectivity index is 3.02. The molecule has 15 heavy (non-hydrogen) atoms. The molecule has 0 bridgehead atoms. The van der Waals surface area contributed by atoms with Crippen LogP contribution in [0.3, 0.4) is 0 Å². The van der Waals surface area contributed by atoms with Gasteiger partial charge in [-0.1, -0.05) is 39.0 Å². The topological polar surface area (TPSA) is 63.3 Å². The Morgan fingerprint density at radius 3 is 2.20 bits per heavy atom. The van der Waals surface area contributed by atoms with Crippen LogP contribution < -0.4 is 5.73 Å². The highest BCUT2D eigenvalue weighted by molar-refractivity contribution is 5.73. The van der Waals surface area contributed by atoms with Crippen LogP contribution in [-0.2, 0) is 4.79 Å². The van der Waals surface area contributed by atoms with Crippen molar-refractivity contribution in [3.05, 3.63) is 0 Å². The highest BCUT2D eigenvalue weighted by Crippen LogP contribution is 2.10. The van der Waals surface area contributed by atoms with Gasteiger partial charge in [-0.25, -0.2) is 0 Å². The Bertz CT molecular complexity index is 160. The van der Waals surface area contributed by atoms with Gasteiger partial charge in [0.25, 0.3) is 0 Å². The first-order valence-electron chi connectivity index (χ1n) is 6.13. The average Bonchev–Trinajstić information content (AvgIpc) is 2.21. The zero-order valence-electron chi connectivity index (χ0n) is 9.87. The van der Waals surface area contributed by atoms with Crippen LogP contribution in [0.2, 0.25) is 0 Å². The number of primary amides is 1. The number of unbranched alkanes of at least 4 members (excludes halogenated alkanes) is 5. The number of carbonyl (C=O) groups excluding carboxylic acids is 1. The third kappa shape index (κ3) is 11.4. The summed E-state index contributed by atoms with van der Waals surface area (Å²) in [6.07, 6.45) is 8.90. The van der Waals surface area contributed by atoms with Crippen LogP contribution in [0.4, 0.5) is 0 Å². The maximum Gasteiger partial charge on any atom is 0.217 e. The van der Waals surface area contributed by atoms with E-state index < -0.39 is 0 Å². The normalized spacial score (nSPS) is 12.7. The van der Waals surface area contributed by atoms with Gasteiger partial charge in [0.1, 0.15) is 0 Å². The second kappa shape index (κ2) is 9.97. The number of hydrogen-bond acceptors (Lipinski definition) is 2. The quantitative estimate of drug-likeness (QED) is 0.549. The summed E-state index contributed by atoms with van der Waals surface area (Å²) >= 11 is 0. The molecule has 0 aliphatic carbocycles. The van der Waals surface area contributed by atoms with E-state index in [2.05, 4.69) is 0 Å². The van der Waals surface area contributed by atoms with E-state index in [0.29, 0.717) is 6.42 Å². The minimum atomic E-state index is -0.193. The van der Waals surface area contributed by atoms with Crippen molar-refractivity contribution >= 4 is 5.91 Å². The number of nitrogens with two attached hydrogens (primary N) is 1. The molecule has 0 saturated carbocycles. The Morgan fingerprint density at radius 1 is 1.13 bits per heavy atom. The zero-order chi connectivity index (χ0) is 11.5. The molecular weight excluding hydrogens is 190 g/mol. The van der Waals surface area contributed by atoms with Crippen LogP contribution in [-0.4, -0.2) is 17.1 Å². The predicted octanol–water partition coefficient (Wildman–Crippen LogP) is 2.36. The monoisotopic (exact) mass is 215 g/mol. The first kappa shape index (κ1) is 14.4.